The number of nitrogens with zero attached hydrogens (tertiary/aromatic N) is 2. The largest absolute Gasteiger partial charge is 0.457 e. The summed E-state index contributed by atoms with van der Waals surface area (Å²) < 4.78 is 21.5. The third kappa shape index (κ3) is 4.44. The summed E-state index contributed by atoms with van der Waals surface area (Å²) in [4.78, 5) is 17.6. The van der Waals surface area contributed by atoms with Gasteiger partial charge < -0.3 is 4.74 Å². The minimum atomic E-state index is -0.299. The number of halogens is 2. The number of hydrogen-bond acceptors (Lipinski definition) is 3. The zero-order valence-corrected chi connectivity index (χ0v) is 18.0. The molecule has 152 valence electrons. The summed E-state index contributed by atoms with van der Waals surface area (Å²) >= 11 is 3.47. The van der Waals surface area contributed by atoms with Gasteiger partial charge in [0.15, 0.2) is 5.78 Å². The number of ether oxygens (including phenoxy) is 1. The van der Waals surface area contributed by atoms with E-state index in [4.69, 9.17) is 4.74 Å². The Hall–Kier alpha value is -2.99. The van der Waals surface area contributed by atoms with Crippen molar-refractivity contribution in [2.24, 2.45) is 0 Å². The van der Waals surface area contributed by atoms with Gasteiger partial charge in [0.05, 0.1) is 5.69 Å². The molecule has 0 radical (unpaired) electrons. The lowest BCUT2D eigenvalue weighted by molar-refractivity contribution is 0.0976. The fraction of sp³-hybridized carbons (Fsp3) is 0.167. The number of ketones is 1. The maximum atomic E-state index is 13.0. The van der Waals surface area contributed by atoms with Crippen molar-refractivity contribution in [1.82, 2.24) is 9.38 Å². The number of rotatable bonds is 7. The highest BCUT2D eigenvalue weighted by molar-refractivity contribution is 9.10. The standard InChI is InChI=1S/C24H20BrFN2O2/c1-2-21-24(28-15-17(25)6-14-23(28)27-21)22(29)13-5-16-3-9-19(10-4-16)30-20-11-7-18(26)8-12-20/h3-4,6-12,14-15H,2,5,13H2,1H3. The third-order valence-corrected chi connectivity index (χ3v) is 5.34. The van der Waals surface area contributed by atoms with E-state index in [1.54, 1.807) is 12.1 Å². The van der Waals surface area contributed by atoms with Crippen LogP contribution < -0.4 is 4.74 Å². The van der Waals surface area contributed by atoms with Gasteiger partial charge in [-0.2, -0.15) is 0 Å². The van der Waals surface area contributed by atoms with E-state index in [2.05, 4.69) is 20.9 Å². The first-order chi connectivity index (χ1) is 14.5. The molecule has 2 heterocycles. The van der Waals surface area contributed by atoms with E-state index in [0.717, 1.165) is 21.4 Å². The van der Waals surface area contributed by atoms with Gasteiger partial charge in [0, 0.05) is 17.1 Å². The molecule has 0 saturated carbocycles. The Bertz CT molecular complexity index is 1180. The van der Waals surface area contributed by atoms with Crippen LogP contribution in [-0.4, -0.2) is 15.2 Å². The van der Waals surface area contributed by atoms with Crippen molar-refractivity contribution in [1.29, 1.82) is 0 Å². The van der Waals surface area contributed by atoms with Crippen LogP contribution in [0.25, 0.3) is 5.65 Å². The van der Waals surface area contributed by atoms with Gasteiger partial charge in [-0.25, -0.2) is 9.37 Å². The number of Topliss-reactive ketones (excluding diaryl/α,β-unsaturated/α-hetero) is 1. The maximum Gasteiger partial charge on any atom is 0.181 e. The zero-order valence-electron chi connectivity index (χ0n) is 16.4. The summed E-state index contributed by atoms with van der Waals surface area (Å²) in [5, 5.41) is 0. The molecule has 0 saturated heterocycles. The van der Waals surface area contributed by atoms with Crippen molar-refractivity contribution >= 4 is 27.4 Å². The Morgan fingerprint density at radius 3 is 2.37 bits per heavy atom. The second-order valence-electron chi connectivity index (χ2n) is 6.96. The zero-order chi connectivity index (χ0) is 21.1. The summed E-state index contributed by atoms with van der Waals surface area (Å²) in [6.07, 6.45) is 3.61. The topological polar surface area (TPSA) is 43.6 Å². The summed E-state index contributed by atoms with van der Waals surface area (Å²) in [6.45, 7) is 2.01. The summed E-state index contributed by atoms with van der Waals surface area (Å²) in [6, 6.07) is 17.3. The van der Waals surface area contributed by atoms with Crippen LogP contribution in [0.15, 0.2) is 71.3 Å². The van der Waals surface area contributed by atoms with Gasteiger partial charge in [0.1, 0.15) is 28.7 Å². The first-order valence-electron chi connectivity index (χ1n) is 9.75. The predicted molar refractivity (Wildman–Crippen MR) is 118 cm³/mol. The molecule has 0 aliphatic rings. The lowest BCUT2D eigenvalue weighted by Crippen LogP contribution is -2.08. The highest BCUT2D eigenvalue weighted by Gasteiger charge is 2.18. The summed E-state index contributed by atoms with van der Waals surface area (Å²) in [5.74, 6) is 1.01. The molecular formula is C24H20BrFN2O2. The Morgan fingerprint density at radius 2 is 1.70 bits per heavy atom. The van der Waals surface area contributed by atoms with E-state index in [-0.39, 0.29) is 11.6 Å². The fourth-order valence-electron chi connectivity index (χ4n) is 3.35. The van der Waals surface area contributed by atoms with Crippen LogP contribution in [-0.2, 0) is 12.8 Å². The normalized spacial score (nSPS) is 11.0. The van der Waals surface area contributed by atoms with Crippen LogP contribution in [0.3, 0.4) is 0 Å². The van der Waals surface area contributed by atoms with E-state index < -0.39 is 0 Å². The van der Waals surface area contributed by atoms with E-state index in [1.165, 1.54) is 12.1 Å². The number of carbonyl (C=O) groups is 1. The Balaban J connectivity index is 1.44. The van der Waals surface area contributed by atoms with E-state index >= 15 is 0 Å². The highest BCUT2D eigenvalue weighted by Crippen LogP contribution is 2.23. The molecule has 0 aliphatic heterocycles. The average Bonchev–Trinajstić information content (AvgIpc) is 3.12. The molecule has 0 unspecified atom stereocenters. The molecule has 4 rings (SSSR count). The van der Waals surface area contributed by atoms with Crippen molar-refractivity contribution in [3.8, 4) is 11.5 Å². The summed E-state index contributed by atoms with van der Waals surface area (Å²) in [7, 11) is 0. The van der Waals surface area contributed by atoms with Gasteiger partial charge in [-0.15, -0.1) is 0 Å². The average molecular weight is 467 g/mol. The van der Waals surface area contributed by atoms with Crippen LogP contribution in [0, 0.1) is 5.82 Å². The molecule has 4 nitrogen and oxygen atoms in total. The van der Waals surface area contributed by atoms with Crippen LogP contribution >= 0.6 is 15.9 Å². The molecule has 30 heavy (non-hydrogen) atoms. The van der Waals surface area contributed by atoms with Gasteiger partial charge in [-0.3, -0.25) is 9.20 Å². The number of pyridine rings is 1. The first kappa shape index (κ1) is 20.3. The van der Waals surface area contributed by atoms with Gasteiger partial charge >= 0.3 is 0 Å². The minimum absolute atomic E-state index is 0.0732. The Morgan fingerprint density at radius 1 is 1.03 bits per heavy atom. The third-order valence-electron chi connectivity index (χ3n) is 4.87. The van der Waals surface area contributed by atoms with E-state index in [1.807, 2.05) is 53.9 Å². The molecule has 0 aliphatic carbocycles. The van der Waals surface area contributed by atoms with Gasteiger partial charge in [-0.05, 0) is 82.9 Å². The number of fused-ring (bicyclic) bond motifs is 1. The van der Waals surface area contributed by atoms with Crippen molar-refractivity contribution in [3.63, 3.8) is 0 Å². The highest BCUT2D eigenvalue weighted by atomic mass is 79.9. The molecule has 2 aromatic heterocycles. The van der Waals surface area contributed by atoms with Gasteiger partial charge in [-0.1, -0.05) is 19.1 Å². The van der Waals surface area contributed by atoms with Crippen LogP contribution in [0.5, 0.6) is 11.5 Å². The summed E-state index contributed by atoms with van der Waals surface area (Å²) in [5.41, 5.74) is 3.30. The number of aryl methyl sites for hydroxylation is 2. The van der Waals surface area contributed by atoms with Crippen molar-refractivity contribution in [2.75, 3.05) is 0 Å². The Kier molecular flexibility index (Phi) is 5.95. The molecule has 0 spiro atoms. The SMILES string of the molecule is CCc1nc2ccc(Br)cn2c1C(=O)CCc1ccc(Oc2ccc(F)cc2)cc1. The van der Waals surface area contributed by atoms with E-state index in [0.29, 0.717) is 36.5 Å². The Labute approximate surface area is 182 Å². The molecule has 0 fully saturated rings. The molecule has 0 bridgehead atoms. The smallest absolute Gasteiger partial charge is 0.181 e. The fourth-order valence-corrected chi connectivity index (χ4v) is 3.69. The molecular weight excluding hydrogens is 447 g/mol. The van der Waals surface area contributed by atoms with Crippen molar-refractivity contribution < 1.29 is 13.9 Å². The maximum absolute atomic E-state index is 13.0. The predicted octanol–water partition coefficient (Wildman–Crippen LogP) is 6.41. The van der Waals surface area contributed by atoms with Crippen LogP contribution in [0.2, 0.25) is 0 Å². The number of aromatic nitrogens is 2. The van der Waals surface area contributed by atoms with Gasteiger partial charge in [0.2, 0.25) is 0 Å². The minimum Gasteiger partial charge on any atom is -0.457 e. The van der Waals surface area contributed by atoms with Crippen molar-refractivity contribution in [3.05, 3.63) is 94.1 Å². The number of carbonyl (C=O) groups excluding carboxylic acids is 1. The monoisotopic (exact) mass is 466 g/mol. The first-order valence-corrected chi connectivity index (χ1v) is 10.5. The van der Waals surface area contributed by atoms with Crippen molar-refractivity contribution in [2.45, 2.75) is 26.2 Å². The molecule has 4 aromatic rings. The second-order valence-corrected chi connectivity index (χ2v) is 7.87. The molecule has 0 N–H and O–H groups in total. The quantitative estimate of drug-likeness (QED) is 0.295. The van der Waals surface area contributed by atoms with Crippen LogP contribution in [0.4, 0.5) is 4.39 Å². The lowest BCUT2D eigenvalue weighted by atomic mass is 10.0. The molecule has 0 amide bonds. The van der Waals surface area contributed by atoms with Crippen LogP contribution in [0.1, 0.15) is 35.1 Å². The van der Waals surface area contributed by atoms with Gasteiger partial charge in [0.25, 0.3) is 0 Å². The molecule has 0 atom stereocenters. The second kappa shape index (κ2) is 8.79. The molecule has 2 aromatic carbocycles. The number of imidazole rings is 1. The number of hydrogen-bond donors (Lipinski definition) is 0. The molecule has 6 heteroatoms. The van der Waals surface area contributed by atoms with E-state index in [9.17, 15) is 9.18 Å². The lowest BCUT2D eigenvalue weighted by Gasteiger charge is -2.07. The number of benzene rings is 2.